The Kier molecular flexibility index (Phi) is 4.98. The molecule has 2 aromatic rings. The predicted molar refractivity (Wildman–Crippen MR) is 82.6 cm³/mol. The van der Waals surface area contributed by atoms with Gasteiger partial charge in [-0.05, 0) is 48.5 Å². The number of ether oxygens (including phenoxy) is 2. The Bertz CT molecular complexity index is 615. The Morgan fingerprint density at radius 3 is 1.23 bits per heavy atom. The van der Waals surface area contributed by atoms with E-state index in [9.17, 15) is 10.4 Å². The van der Waals surface area contributed by atoms with E-state index >= 15 is 0 Å². The molecule has 0 bridgehead atoms. The van der Waals surface area contributed by atoms with Crippen LogP contribution in [0.5, 0.6) is 11.5 Å². The molecule has 0 heterocycles. The van der Waals surface area contributed by atoms with E-state index in [2.05, 4.69) is 10.3 Å². The first-order valence-electron chi connectivity index (χ1n) is 6.46. The molecule has 0 unspecified atom stereocenters. The van der Waals surface area contributed by atoms with Gasteiger partial charge in [-0.25, -0.2) is 0 Å². The molecule has 6 heteroatoms. The molecule has 2 N–H and O–H groups in total. The number of nitrogens with zero attached hydrogens (tertiary/aromatic N) is 2. The molecule has 114 valence electrons. The topological polar surface area (TPSA) is 83.6 Å². The zero-order valence-electron chi connectivity index (χ0n) is 12.2. The van der Waals surface area contributed by atoms with Gasteiger partial charge < -0.3 is 19.9 Å². The Morgan fingerprint density at radius 1 is 0.682 bits per heavy atom. The highest BCUT2D eigenvalue weighted by Crippen LogP contribution is 2.17. The lowest BCUT2D eigenvalue weighted by Crippen LogP contribution is -2.17. The standard InChI is InChI=1S/C16H16N2O4/c1-21-13-7-3-11(4-8-13)15(17-19)16(18-20)12-5-9-14(22-2)10-6-12/h3-10,19-20H,1-2H3/b17-15+,18-16+. The minimum atomic E-state index is 0.148. The Labute approximate surface area is 127 Å². The lowest BCUT2D eigenvalue weighted by atomic mass is 10.00. The maximum Gasteiger partial charge on any atom is 0.139 e. The summed E-state index contributed by atoms with van der Waals surface area (Å²) in [4.78, 5) is 0. The van der Waals surface area contributed by atoms with E-state index in [-0.39, 0.29) is 11.4 Å². The molecule has 0 aromatic heterocycles. The van der Waals surface area contributed by atoms with Crippen molar-refractivity contribution in [1.82, 2.24) is 0 Å². The highest BCUT2D eigenvalue weighted by molar-refractivity contribution is 6.53. The number of hydrogen-bond acceptors (Lipinski definition) is 6. The summed E-state index contributed by atoms with van der Waals surface area (Å²) in [5.41, 5.74) is 1.48. The van der Waals surface area contributed by atoms with Gasteiger partial charge in [0.2, 0.25) is 0 Å². The zero-order chi connectivity index (χ0) is 15.9. The van der Waals surface area contributed by atoms with Crippen LogP contribution in [0.25, 0.3) is 0 Å². The molecule has 2 rings (SSSR count). The molecule has 0 aliphatic heterocycles. The van der Waals surface area contributed by atoms with Gasteiger partial charge in [-0.3, -0.25) is 0 Å². The van der Waals surface area contributed by atoms with Crippen molar-refractivity contribution in [3.63, 3.8) is 0 Å². The lowest BCUT2D eigenvalue weighted by Gasteiger charge is -2.09. The van der Waals surface area contributed by atoms with Gasteiger partial charge in [0.05, 0.1) is 14.2 Å². The number of oxime groups is 2. The number of hydrogen-bond donors (Lipinski definition) is 2. The number of methoxy groups -OCH3 is 2. The minimum absolute atomic E-state index is 0.148. The van der Waals surface area contributed by atoms with Gasteiger partial charge in [0.15, 0.2) is 0 Å². The Balaban J connectivity index is 2.38. The Hall–Kier alpha value is -3.02. The van der Waals surface area contributed by atoms with Crippen molar-refractivity contribution < 1.29 is 19.9 Å². The highest BCUT2D eigenvalue weighted by atomic mass is 16.5. The van der Waals surface area contributed by atoms with E-state index in [0.29, 0.717) is 22.6 Å². The maximum atomic E-state index is 9.31. The summed E-state index contributed by atoms with van der Waals surface area (Å²) in [7, 11) is 3.13. The second-order valence-corrected chi connectivity index (χ2v) is 4.35. The largest absolute Gasteiger partial charge is 0.497 e. The van der Waals surface area contributed by atoms with Crippen LogP contribution in [-0.4, -0.2) is 36.1 Å². The molecule has 22 heavy (non-hydrogen) atoms. The van der Waals surface area contributed by atoms with Gasteiger partial charge in [0.25, 0.3) is 0 Å². The molecule has 0 fully saturated rings. The third-order valence-corrected chi connectivity index (χ3v) is 3.15. The third kappa shape index (κ3) is 3.17. The Morgan fingerprint density at radius 2 is 1.00 bits per heavy atom. The van der Waals surface area contributed by atoms with Gasteiger partial charge in [-0.15, -0.1) is 0 Å². The smallest absolute Gasteiger partial charge is 0.139 e. The van der Waals surface area contributed by atoms with E-state index in [1.54, 1.807) is 62.8 Å². The molecule has 0 aliphatic rings. The molecule has 0 saturated heterocycles. The van der Waals surface area contributed by atoms with Crippen molar-refractivity contribution >= 4 is 11.4 Å². The van der Waals surface area contributed by atoms with Crippen LogP contribution in [0, 0.1) is 0 Å². The maximum absolute atomic E-state index is 9.31. The number of benzene rings is 2. The quantitative estimate of drug-likeness (QED) is 0.505. The van der Waals surface area contributed by atoms with Crippen molar-refractivity contribution in [3.05, 3.63) is 59.7 Å². The van der Waals surface area contributed by atoms with Crippen molar-refractivity contribution in [3.8, 4) is 11.5 Å². The normalized spacial score (nSPS) is 12.1. The first kappa shape index (κ1) is 15.4. The molecule has 0 aliphatic carbocycles. The fourth-order valence-corrected chi connectivity index (χ4v) is 1.98. The van der Waals surface area contributed by atoms with Crippen LogP contribution in [0.4, 0.5) is 0 Å². The highest BCUT2D eigenvalue weighted by Gasteiger charge is 2.16. The molecule has 0 amide bonds. The lowest BCUT2D eigenvalue weighted by molar-refractivity contribution is 0.314. The average molecular weight is 300 g/mol. The first-order chi connectivity index (χ1) is 10.7. The minimum Gasteiger partial charge on any atom is -0.497 e. The summed E-state index contributed by atoms with van der Waals surface area (Å²) in [5.74, 6) is 1.35. The molecular formula is C16H16N2O4. The van der Waals surface area contributed by atoms with Crippen LogP contribution in [0.15, 0.2) is 58.8 Å². The summed E-state index contributed by atoms with van der Waals surface area (Å²) in [6, 6.07) is 13.7. The van der Waals surface area contributed by atoms with Gasteiger partial charge in [0, 0.05) is 11.1 Å². The SMILES string of the molecule is COc1ccc(C(=N\O)/C(=N/O)c2ccc(OC)cc2)cc1. The summed E-state index contributed by atoms with van der Waals surface area (Å²) in [6.45, 7) is 0. The van der Waals surface area contributed by atoms with Crippen LogP contribution in [0.3, 0.4) is 0 Å². The van der Waals surface area contributed by atoms with Crippen molar-refractivity contribution in [1.29, 1.82) is 0 Å². The number of rotatable bonds is 5. The summed E-state index contributed by atoms with van der Waals surface area (Å²) < 4.78 is 10.2. The fraction of sp³-hybridized carbons (Fsp3) is 0.125. The van der Waals surface area contributed by atoms with E-state index in [1.165, 1.54) is 0 Å². The van der Waals surface area contributed by atoms with Gasteiger partial charge in [0.1, 0.15) is 22.9 Å². The molecule has 0 radical (unpaired) electrons. The summed E-state index contributed by atoms with van der Waals surface area (Å²) in [6.07, 6.45) is 0. The van der Waals surface area contributed by atoms with Gasteiger partial charge >= 0.3 is 0 Å². The van der Waals surface area contributed by atoms with Crippen LogP contribution < -0.4 is 9.47 Å². The van der Waals surface area contributed by atoms with Crippen molar-refractivity contribution in [2.75, 3.05) is 14.2 Å². The molecule has 0 spiro atoms. The molecule has 6 nitrogen and oxygen atoms in total. The van der Waals surface area contributed by atoms with E-state index < -0.39 is 0 Å². The van der Waals surface area contributed by atoms with E-state index in [4.69, 9.17) is 9.47 Å². The second-order valence-electron chi connectivity index (χ2n) is 4.35. The van der Waals surface area contributed by atoms with Gasteiger partial charge in [-0.2, -0.15) is 0 Å². The van der Waals surface area contributed by atoms with Crippen LogP contribution >= 0.6 is 0 Å². The van der Waals surface area contributed by atoms with E-state index in [0.717, 1.165) is 0 Å². The second kappa shape index (κ2) is 7.12. The fourth-order valence-electron chi connectivity index (χ4n) is 1.98. The molecule has 0 saturated carbocycles. The monoisotopic (exact) mass is 300 g/mol. The van der Waals surface area contributed by atoms with Crippen LogP contribution in [0.1, 0.15) is 11.1 Å². The molecule has 2 aromatic carbocycles. The molecular weight excluding hydrogens is 284 g/mol. The predicted octanol–water partition coefficient (Wildman–Crippen LogP) is 2.76. The zero-order valence-corrected chi connectivity index (χ0v) is 12.2. The molecule has 0 atom stereocenters. The summed E-state index contributed by atoms with van der Waals surface area (Å²) >= 11 is 0. The third-order valence-electron chi connectivity index (χ3n) is 3.15. The van der Waals surface area contributed by atoms with Crippen molar-refractivity contribution in [2.45, 2.75) is 0 Å². The summed E-state index contributed by atoms with van der Waals surface area (Å²) in [5, 5.41) is 25.1. The first-order valence-corrected chi connectivity index (χ1v) is 6.46. The van der Waals surface area contributed by atoms with Crippen LogP contribution in [-0.2, 0) is 0 Å². The van der Waals surface area contributed by atoms with Crippen molar-refractivity contribution in [2.24, 2.45) is 10.3 Å². The van der Waals surface area contributed by atoms with E-state index in [1.807, 2.05) is 0 Å². The van der Waals surface area contributed by atoms with Gasteiger partial charge in [-0.1, -0.05) is 10.3 Å². The average Bonchev–Trinajstić information content (AvgIpc) is 2.60. The van der Waals surface area contributed by atoms with Crippen LogP contribution in [0.2, 0.25) is 0 Å².